The normalized spacial score (nSPS) is 11.6. The number of carbonyl (C=O) groups is 1. The maximum absolute atomic E-state index is 11.8. The predicted octanol–water partition coefficient (Wildman–Crippen LogP) is 5.34. The lowest BCUT2D eigenvalue weighted by Crippen LogP contribution is -2.18. The number of ether oxygens (including phenoxy) is 1. The summed E-state index contributed by atoms with van der Waals surface area (Å²) in [6.45, 7) is 8.30. The molecule has 0 atom stereocenters. The number of nitrogens with zero attached hydrogens (tertiary/aromatic N) is 2. The number of rotatable bonds is 9. The first-order chi connectivity index (χ1) is 15.0. The Labute approximate surface area is 182 Å². The van der Waals surface area contributed by atoms with Crippen LogP contribution in [0.4, 0.5) is 5.95 Å². The Hall–Kier alpha value is -3.87. The summed E-state index contributed by atoms with van der Waals surface area (Å²) in [6, 6.07) is 8.84. The zero-order chi connectivity index (χ0) is 22.2. The molecule has 160 valence electrons. The van der Waals surface area contributed by atoms with E-state index in [1.807, 2.05) is 24.3 Å². The molecule has 0 unspecified atom stereocenters. The number of allylic oxidation sites excluding steroid dienone is 4. The van der Waals surface area contributed by atoms with E-state index in [1.165, 1.54) is 11.8 Å². The van der Waals surface area contributed by atoms with Crippen molar-refractivity contribution in [3.05, 3.63) is 78.3 Å². The third-order valence-electron chi connectivity index (χ3n) is 4.53. The molecule has 0 aliphatic rings. The Morgan fingerprint density at radius 3 is 2.74 bits per heavy atom. The highest BCUT2D eigenvalue weighted by Gasteiger charge is 2.08. The van der Waals surface area contributed by atoms with Crippen LogP contribution in [0.3, 0.4) is 0 Å². The first kappa shape index (κ1) is 21.8. The highest BCUT2D eigenvalue weighted by Crippen LogP contribution is 2.26. The SMILES string of the molecule is C=C(/C=C\C(=C/CC)CC)Nc1nc2ccc(Oc3ccnc(C(=O)NC)c3)cc2[nH]1. The van der Waals surface area contributed by atoms with Crippen molar-refractivity contribution in [2.24, 2.45) is 0 Å². The Balaban J connectivity index is 1.72. The molecule has 31 heavy (non-hydrogen) atoms. The van der Waals surface area contributed by atoms with E-state index in [0.29, 0.717) is 23.1 Å². The number of anilines is 1. The maximum Gasteiger partial charge on any atom is 0.269 e. The second kappa shape index (κ2) is 10.2. The van der Waals surface area contributed by atoms with E-state index >= 15 is 0 Å². The van der Waals surface area contributed by atoms with Gasteiger partial charge in [-0.25, -0.2) is 4.98 Å². The van der Waals surface area contributed by atoms with Crippen LogP contribution in [0, 0.1) is 0 Å². The van der Waals surface area contributed by atoms with Crippen molar-refractivity contribution in [1.82, 2.24) is 20.3 Å². The van der Waals surface area contributed by atoms with Crippen molar-refractivity contribution >= 4 is 22.9 Å². The number of H-pyrrole nitrogens is 1. The van der Waals surface area contributed by atoms with Crippen LogP contribution in [0.5, 0.6) is 11.5 Å². The smallest absolute Gasteiger partial charge is 0.269 e. The fraction of sp³-hybridized carbons (Fsp3) is 0.208. The average Bonchev–Trinajstić information content (AvgIpc) is 3.17. The molecule has 1 amide bonds. The van der Waals surface area contributed by atoms with Crippen molar-refractivity contribution < 1.29 is 9.53 Å². The Bertz CT molecular complexity index is 1140. The summed E-state index contributed by atoms with van der Waals surface area (Å²) in [5, 5.41) is 5.73. The molecule has 3 aromatic rings. The molecule has 0 saturated heterocycles. The van der Waals surface area contributed by atoms with Crippen LogP contribution in [-0.4, -0.2) is 27.9 Å². The number of hydrogen-bond acceptors (Lipinski definition) is 5. The van der Waals surface area contributed by atoms with Gasteiger partial charge in [-0.05, 0) is 37.1 Å². The summed E-state index contributed by atoms with van der Waals surface area (Å²) in [5.41, 5.74) is 3.92. The molecule has 2 aromatic heterocycles. The molecule has 0 saturated carbocycles. The van der Waals surface area contributed by atoms with E-state index in [-0.39, 0.29) is 5.91 Å². The van der Waals surface area contributed by atoms with Crippen molar-refractivity contribution in [2.45, 2.75) is 26.7 Å². The number of aromatic nitrogens is 3. The molecular formula is C24H27N5O2. The molecule has 3 rings (SSSR count). The zero-order valence-electron chi connectivity index (χ0n) is 18.0. The number of imidazole rings is 1. The van der Waals surface area contributed by atoms with Gasteiger partial charge >= 0.3 is 0 Å². The number of hydrogen-bond donors (Lipinski definition) is 3. The zero-order valence-corrected chi connectivity index (χ0v) is 18.0. The molecule has 0 aliphatic heterocycles. The monoisotopic (exact) mass is 417 g/mol. The van der Waals surface area contributed by atoms with Gasteiger partial charge in [-0.2, -0.15) is 0 Å². The van der Waals surface area contributed by atoms with Gasteiger partial charge < -0.3 is 20.4 Å². The summed E-state index contributed by atoms with van der Waals surface area (Å²) in [4.78, 5) is 23.6. The topological polar surface area (TPSA) is 91.9 Å². The number of nitrogens with one attached hydrogen (secondary N) is 3. The number of benzene rings is 1. The van der Waals surface area contributed by atoms with Crippen LogP contribution in [0.15, 0.2) is 72.6 Å². The van der Waals surface area contributed by atoms with E-state index < -0.39 is 0 Å². The summed E-state index contributed by atoms with van der Waals surface area (Å²) < 4.78 is 5.89. The Kier molecular flexibility index (Phi) is 7.22. The third-order valence-corrected chi connectivity index (χ3v) is 4.53. The molecule has 7 nitrogen and oxygen atoms in total. The molecule has 0 aliphatic carbocycles. The highest BCUT2D eigenvalue weighted by atomic mass is 16.5. The van der Waals surface area contributed by atoms with Gasteiger partial charge in [0.05, 0.1) is 11.0 Å². The molecule has 0 radical (unpaired) electrons. The third kappa shape index (κ3) is 5.82. The van der Waals surface area contributed by atoms with Crippen molar-refractivity contribution in [3.8, 4) is 11.5 Å². The minimum Gasteiger partial charge on any atom is -0.457 e. The first-order valence-corrected chi connectivity index (χ1v) is 10.2. The van der Waals surface area contributed by atoms with Gasteiger partial charge in [0.2, 0.25) is 5.95 Å². The molecule has 1 aromatic carbocycles. The summed E-state index contributed by atoms with van der Waals surface area (Å²) in [5.74, 6) is 1.48. The maximum atomic E-state index is 11.8. The van der Waals surface area contributed by atoms with E-state index in [4.69, 9.17) is 4.74 Å². The quantitative estimate of drug-likeness (QED) is 0.409. The number of aromatic amines is 1. The highest BCUT2D eigenvalue weighted by molar-refractivity contribution is 5.92. The number of carbonyl (C=O) groups excluding carboxylic acids is 1. The van der Waals surface area contributed by atoms with Gasteiger partial charge in [0.1, 0.15) is 17.2 Å². The number of pyridine rings is 1. The minimum absolute atomic E-state index is 0.268. The van der Waals surface area contributed by atoms with Gasteiger partial charge in [-0.3, -0.25) is 9.78 Å². The Morgan fingerprint density at radius 1 is 1.19 bits per heavy atom. The average molecular weight is 418 g/mol. The summed E-state index contributed by atoms with van der Waals surface area (Å²) >= 11 is 0. The van der Waals surface area contributed by atoms with Gasteiger partial charge in [0.25, 0.3) is 5.91 Å². The van der Waals surface area contributed by atoms with Crippen LogP contribution in [0.1, 0.15) is 37.2 Å². The predicted molar refractivity (Wildman–Crippen MR) is 124 cm³/mol. The number of amides is 1. The second-order valence-electron chi connectivity index (χ2n) is 6.85. The van der Waals surface area contributed by atoms with E-state index in [0.717, 1.165) is 29.6 Å². The lowest BCUT2D eigenvalue weighted by Gasteiger charge is -2.06. The van der Waals surface area contributed by atoms with Crippen molar-refractivity contribution in [3.63, 3.8) is 0 Å². The summed E-state index contributed by atoms with van der Waals surface area (Å²) in [7, 11) is 1.56. The van der Waals surface area contributed by atoms with Crippen LogP contribution in [0.2, 0.25) is 0 Å². The van der Waals surface area contributed by atoms with Gasteiger partial charge in [-0.15, -0.1) is 0 Å². The molecule has 3 N–H and O–H groups in total. The van der Waals surface area contributed by atoms with Crippen LogP contribution in [-0.2, 0) is 0 Å². The van der Waals surface area contributed by atoms with Gasteiger partial charge in [0, 0.05) is 31.1 Å². The Morgan fingerprint density at radius 2 is 2.00 bits per heavy atom. The van der Waals surface area contributed by atoms with Crippen molar-refractivity contribution in [1.29, 1.82) is 0 Å². The summed E-state index contributed by atoms with van der Waals surface area (Å²) in [6.07, 6.45) is 9.74. The lowest BCUT2D eigenvalue weighted by molar-refractivity contribution is 0.0958. The van der Waals surface area contributed by atoms with Crippen molar-refractivity contribution in [2.75, 3.05) is 12.4 Å². The molecule has 7 heteroatoms. The fourth-order valence-corrected chi connectivity index (χ4v) is 2.97. The minimum atomic E-state index is -0.268. The molecule has 0 spiro atoms. The van der Waals surface area contributed by atoms with Gasteiger partial charge in [-0.1, -0.05) is 38.2 Å². The lowest BCUT2D eigenvalue weighted by atomic mass is 10.1. The molecular weight excluding hydrogens is 390 g/mol. The first-order valence-electron chi connectivity index (χ1n) is 10.2. The van der Waals surface area contributed by atoms with Crippen LogP contribution < -0.4 is 15.4 Å². The van der Waals surface area contributed by atoms with E-state index in [2.05, 4.69) is 58.2 Å². The molecule has 0 bridgehead atoms. The van der Waals surface area contributed by atoms with E-state index in [1.54, 1.807) is 19.2 Å². The molecule has 0 fully saturated rings. The standard InChI is InChI=1S/C24H27N5O2/c1-5-7-17(6-2)9-8-16(3)27-24-28-20-11-10-18(14-21(20)29-24)31-19-12-13-26-22(15-19)23(30)25-4/h7-15H,3,5-6H2,1-2,4H3,(H,25,30)(H2,27,28,29)/b9-8-,17-7-. The van der Waals surface area contributed by atoms with Crippen LogP contribution >= 0.6 is 0 Å². The van der Waals surface area contributed by atoms with Crippen LogP contribution in [0.25, 0.3) is 11.0 Å². The fourth-order valence-electron chi connectivity index (χ4n) is 2.97. The van der Waals surface area contributed by atoms with Gasteiger partial charge in [0.15, 0.2) is 0 Å². The largest absolute Gasteiger partial charge is 0.457 e. The second-order valence-corrected chi connectivity index (χ2v) is 6.85. The molecule has 2 heterocycles. The van der Waals surface area contributed by atoms with E-state index in [9.17, 15) is 4.79 Å². The number of fused-ring (bicyclic) bond motifs is 1.